The number of para-hydroxylation sites is 2. The van der Waals surface area contributed by atoms with Crippen molar-refractivity contribution in [3.63, 3.8) is 0 Å². The van der Waals surface area contributed by atoms with Crippen molar-refractivity contribution in [1.82, 2.24) is 0 Å². The monoisotopic (exact) mass is 417 g/mol. The Bertz CT molecular complexity index is 1160. The maximum atomic E-state index is 12.6. The maximum absolute atomic E-state index is 12.6. The van der Waals surface area contributed by atoms with E-state index in [2.05, 4.69) is 48.3 Å². The van der Waals surface area contributed by atoms with Crippen LogP contribution in [0.25, 0.3) is 0 Å². The Balaban J connectivity index is 1.77. The van der Waals surface area contributed by atoms with Crippen molar-refractivity contribution in [2.24, 2.45) is 4.99 Å². The van der Waals surface area contributed by atoms with Gasteiger partial charge in [-0.05, 0) is 50.6 Å². The van der Waals surface area contributed by atoms with Crippen LogP contribution in [0.1, 0.15) is 43.2 Å². The molecule has 0 radical (unpaired) electrons. The Morgan fingerprint density at radius 2 is 1.84 bits per heavy atom. The molecule has 0 saturated carbocycles. The molecule has 2 aromatic carbocycles. The number of hydrogen-bond donors (Lipinski definition) is 2. The van der Waals surface area contributed by atoms with Gasteiger partial charge in [-0.2, -0.15) is 0 Å². The van der Waals surface area contributed by atoms with Crippen molar-refractivity contribution in [3.8, 4) is 5.75 Å². The van der Waals surface area contributed by atoms with Gasteiger partial charge in [-0.15, -0.1) is 0 Å². The van der Waals surface area contributed by atoms with Crippen molar-refractivity contribution in [3.05, 3.63) is 81.9 Å². The molecular weight excluding hydrogens is 390 g/mol. The zero-order chi connectivity index (χ0) is 22.0. The highest BCUT2D eigenvalue weighted by Crippen LogP contribution is 2.36. The lowest BCUT2D eigenvalue weighted by Gasteiger charge is -2.23. The van der Waals surface area contributed by atoms with Crippen LogP contribution in [0.2, 0.25) is 0 Å². The number of aromatic hydroxyl groups is 1. The summed E-state index contributed by atoms with van der Waals surface area (Å²) < 4.78 is 5.26. The molecule has 2 N–H and O–H groups in total. The van der Waals surface area contributed by atoms with Gasteiger partial charge in [0.2, 0.25) is 0 Å². The summed E-state index contributed by atoms with van der Waals surface area (Å²) in [6.07, 6.45) is 0.431. The molecule has 160 valence electrons. The highest BCUT2D eigenvalue weighted by molar-refractivity contribution is 6.05. The first kappa shape index (κ1) is 20.7. The Morgan fingerprint density at radius 3 is 2.52 bits per heavy atom. The van der Waals surface area contributed by atoms with Crippen LogP contribution < -0.4 is 15.8 Å². The van der Waals surface area contributed by atoms with Crippen molar-refractivity contribution in [1.29, 1.82) is 0 Å². The first-order valence-electron chi connectivity index (χ1n) is 10.6. The van der Waals surface area contributed by atoms with E-state index in [0.29, 0.717) is 17.9 Å². The molecule has 0 amide bonds. The van der Waals surface area contributed by atoms with E-state index in [9.17, 15) is 9.90 Å². The molecule has 0 bridgehead atoms. The molecule has 6 nitrogen and oxygen atoms in total. The third-order valence-corrected chi connectivity index (χ3v) is 5.65. The highest BCUT2D eigenvalue weighted by atomic mass is 16.4. The fourth-order valence-corrected chi connectivity index (χ4v) is 4.04. The van der Waals surface area contributed by atoms with Gasteiger partial charge in [0.15, 0.2) is 0 Å². The van der Waals surface area contributed by atoms with Crippen LogP contribution >= 0.6 is 0 Å². The topological polar surface area (TPSA) is 78.1 Å². The van der Waals surface area contributed by atoms with Crippen molar-refractivity contribution in [2.45, 2.75) is 33.2 Å². The van der Waals surface area contributed by atoms with E-state index in [0.717, 1.165) is 30.0 Å². The van der Waals surface area contributed by atoms with Crippen LogP contribution in [0.4, 0.5) is 17.1 Å². The van der Waals surface area contributed by atoms with Gasteiger partial charge in [-0.1, -0.05) is 24.3 Å². The maximum Gasteiger partial charge on any atom is 0.348 e. The van der Waals surface area contributed by atoms with Crippen molar-refractivity contribution >= 4 is 22.8 Å². The lowest BCUT2D eigenvalue weighted by molar-refractivity contribution is 0.432. The average molecular weight is 418 g/mol. The molecule has 1 aliphatic rings. The molecule has 0 saturated heterocycles. The SMILES string of the molecule is CCN(CC)c1ccc(C2CC(c3c(O)cc(C)oc3=O)=Nc3ccccc3N2)cc1. The molecule has 1 atom stereocenters. The van der Waals surface area contributed by atoms with Crippen LogP contribution in [-0.4, -0.2) is 23.9 Å². The number of hydrogen-bond acceptors (Lipinski definition) is 6. The summed E-state index contributed by atoms with van der Waals surface area (Å²) in [5.41, 5.74) is 3.90. The number of aliphatic imine (C=N–C) groups is 1. The molecule has 3 aromatic rings. The second-order valence-electron chi connectivity index (χ2n) is 7.65. The fourth-order valence-electron chi connectivity index (χ4n) is 4.04. The smallest absolute Gasteiger partial charge is 0.348 e. The van der Waals surface area contributed by atoms with Gasteiger partial charge >= 0.3 is 5.63 Å². The lowest BCUT2D eigenvalue weighted by atomic mass is 9.97. The number of rotatable bonds is 5. The summed E-state index contributed by atoms with van der Waals surface area (Å²) in [7, 11) is 0. The summed E-state index contributed by atoms with van der Waals surface area (Å²) in [6.45, 7) is 7.82. The van der Waals surface area contributed by atoms with Crippen LogP contribution in [0, 0.1) is 6.92 Å². The first-order valence-corrected chi connectivity index (χ1v) is 10.6. The number of nitrogens with one attached hydrogen (secondary N) is 1. The Labute approximate surface area is 181 Å². The second-order valence-corrected chi connectivity index (χ2v) is 7.65. The lowest BCUT2D eigenvalue weighted by Crippen LogP contribution is -2.22. The third kappa shape index (κ3) is 4.19. The number of anilines is 2. The average Bonchev–Trinajstić information content (AvgIpc) is 2.94. The van der Waals surface area contributed by atoms with E-state index < -0.39 is 5.63 Å². The van der Waals surface area contributed by atoms with E-state index in [4.69, 9.17) is 9.41 Å². The summed E-state index contributed by atoms with van der Waals surface area (Å²) in [5.74, 6) is 0.255. The molecule has 4 rings (SSSR count). The third-order valence-electron chi connectivity index (χ3n) is 5.65. The van der Waals surface area contributed by atoms with Gasteiger partial charge in [0, 0.05) is 31.3 Å². The van der Waals surface area contributed by atoms with E-state index >= 15 is 0 Å². The highest BCUT2D eigenvalue weighted by Gasteiger charge is 2.25. The zero-order valence-corrected chi connectivity index (χ0v) is 18.1. The predicted octanol–water partition coefficient (Wildman–Crippen LogP) is 5.18. The zero-order valence-electron chi connectivity index (χ0n) is 18.1. The number of nitrogens with zero attached hydrogens (tertiary/aromatic N) is 2. The number of benzene rings is 2. The van der Waals surface area contributed by atoms with Crippen molar-refractivity contribution < 1.29 is 9.52 Å². The van der Waals surface area contributed by atoms with Crippen LogP contribution in [0.3, 0.4) is 0 Å². The van der Waals surface area contributed by atoms with Crippen LogP contribution in [0.5, 0.6) is 5.75 Å². The van der Waals surface area contributed by atoms with Crippen LogP contribution in [0.15, 0.2) is 68.8 Å². The standard InChI is InChI=1S/C25H27N3O3/c1-4-28(5-2)18-12-10-17(11-13-18)21-15-22(24-23(29)14-16(3)31-25(24)30)27-20-9-7-6-8-19(20)26-21/h6-14,21,26,29H,4-5,15H2,1-3H3. The number of aryl methyl sites for hydroxylation is 1. The van der Waals surface area contributed by atoms with Gasteiger partial charge in [-0.3, -0.25) is 4.99 Å². The Hall–Kier alpha value is -3.54. The largest absolute Gasteiger partial charge is 0.507 e. The van der Waals surface area contributed by atoms with Crippen LogP contribution in [-0.2, 0) is 0 Å². The van der Waals surface area contributed by atoms with Gasteiger partial charge < -0.3 is 19.7 Å². The Morgan fingerprint density at radius 1 is 1.13 bits per heavy atom. The first-order chi connectivity index (χ1) is 15.0. The fraction of sp³-hybridized carbons (Fsp3) is 0.280. The number of fused-ring (bicyclic) bond motifs is 1. The molecule has 1 aliphatic heterocycles. The summed E-state index contributed by atoms with van der Waals surface area (Å²) >= 11 is 0. The molecule has 6 heteroatoms. The molecule has 0 aliphatic carbocycles. The minimum atomic E-state index is -0.578. The minimum absolute atomic E-state index is 0.109. The van der Waals surface area contributed by atoms with Gasteiger partial charge in [0.1, 0.15) is 17.1 Å². The van der Waals surface area contributed by atoms with Gasteiger partial charge in [0.25, 0.3) is 0 Å². The van der Waals surface area contributed by atoms with E-state index in [1.165, 1.54) is 11.8 Å². The van der Waals surface area contributed by atoms with E-state index in [1.807, 2.05) is 24.3 Å². The molecule has 1 unspecified atom stereocenters. The molecule has 2 heterocycles. The summed E-state index contributed by atoms with van der Waals surface area (Å²) in [4.78, 5) is 19.6. The second kappa shape index (κ2) is 8.68. The molecular formula is C25H27N3O3. The molecule has 1 aromatic heterocycles. The molecule has 31 heavy (non-hydrogen) atoms. The summed E-state index contributed by atoms with van der Waals surface area (Å²) in [6, 6.07) is 17.5. The summed E-state index contributed by atoms with van der Waals surface area (Å²) in [5, 5.41) is 14.1. The normalized spacial score (nSPS) is 15.5. The van der Waals surface area contributed by atoms with Gasteiger partial charge in [0.05, 0.1) is 23.1 Å². The Kier molecular flexibility index (Phi) is 5.80. The van der Waals surface area contributed by atoms with E-state index in [-0.39, 0.29) is 17.4 Å². The molecule has 0 spiro atoms. The van der Waals surface area contributed by atoms with Crippen molar-refractivity contribution in [2.75, 3.05) is 23.3 Å². The van der Waals surface area contributed by atoms with E-state index in [1.54, 1.807) is 6.92 Å². The van der Waals surface area contributed by atoms with Gasteiger partial charge in [-0.25, -0.2) is 4.79 Å². The quantitative estimate of drug-likeness (QED) is 0.598. The predicted molar refractivity (Wildman–Crippen MR) is 125 cm³/mol. The minimum Gasteiger partial charge on any atom is -0.507 e. The molecule has 0 fully saturated rings.